The van der Waals surface area contributed by atoms with E-state index in [1.54, 1.807) is 39.2 Å². The standard InChI is InChI=1S/C25H27N3O3/c1-25(2,3)31-24(30)27-17-22(21-10-9-19-6-4-5-7-20(19)16-21)28-23(29)11-8-18-12-14-26-15-13-18/h4-16,22H,17H2,1-3H3,(H,27,30)(H,28,29). The maximum atomic E-state index is 12.6. The highest BCUT2D eigenvalue weighted by Crippen LogP contribution is 2.20. The lowest BCUT2D eigenvalue weighted by atomic mass is 10.0. The van der Waals surface area contributed by atoms with E-state index in [0.717, 1.165) is 21.9 Å². The van der Waals surface area contributed by atoms with Crippen LogP contribution in [0.25, 0.3) is 16.8 Å². The second-order valence-electron chi connectivity index (χ2n) is 8.16. The number of nitrogens with one attached hydrogen (secondary N) is 2. The largest absolute Gasteiger partial charge is 0.444 e. The maximum absolute atomic E-state index is 12.6. The summed E-state index contributed by atoms with van der Waals surface area (Å²) in [4.78, 5) is 28.7. The van der Waals surface area contributed by atoms with Gasteiger partial charge in [-0.15, -0.1) is 0 Å². The number of aromatic nitrogens is 1. The summed E-state index contributed by atoms with van der Waals surface area (Å²) in [5.41, 5.74) is 1.17. The molecule has 0 aliphatic carbocycles. The van der Waals surface area contributed by atoms with Crippen molar-refractivity contribution in [2.24, 2.45) is 0 Å². The van der Waals surface area contributed by atoms with Crippen molar-refractivity contribution in [3.8, 4) is 0 Å². The molecule has 6 nitrogen and oxygen atoms in total. The van der Waals surface area contributed by atoms with Crippen LogP contribution in [0.2, 0.25) is 0 Å². The van der Waals surface area contributed by atoms with Crippen molar-refractivity contribution >= 4 is 28.8 Å². The second-order valence-corrected chi connectivity index (χ2v) is 8.16. The fourth-order valence-electron chi connectivity index (χ4n) is 3.04. The summed E-state index contributed by atoms with van der Waals surface area (Å²) in [6.07, 6.45) is 5.99. The number of carbonyl (C=O) groups is 2. The number of pyridine rings is 1. The Morgan fingerprint density at radius 1 is 1.03 bits per heavy atom. The average Bonchev–Trinajstić information content (AvgIpc) is 2.74. The molecule has 0 radical (unpaired) electrons. The highest BCUT2D eigenvalue weighted by atomic mass is 16.6. The predicted octanol–water partition coefficient (Wildman–Crippen LogP) is 4.63. The van der Waals surface area contributed by atoms with Gasteiger partial charge in [0.2, 0.25) is 5.91 Å². The molecule has 2 aromatic carbocycles. The number of hydrogen-bond donors (Lipinski definition) is 2. The van der Waals surface area contributed by atoms with Crippen LogP contribution >= 0.6 is 0 Å². The third-order valence-electron chi connectivity index (χ3n) is 4.48. The molecule has 1 aromatic heterocycles. The molecule has 2 N–H and O–H groups in total. The van der Waals surface area contributed by atoms with Crippen molar-refractivity contribution in [3.63, 3.8) is 0 Å². The van der Waals surface area contributed by atoms with Crippen molar-refractivity contribution in [1.82, 2.24) is 15.6 Å². The minimum atomic E-state index is -0.598. The molecule has 3 rings (SSSR count). The van der Waals surface area contributed by atoms with Gasteiger partial charge >= 0.3 is 6.09 Å². The van der Waals surface area contributed by atoms with Gasteiger partial charge in [-0.05, 0) is 66.9 Å². The monoisotopic (exact) mass is 417 g/mol. The van der Waals surface area contributed by atoms with Crippen LogP contribution in [0.15, 0.2) is 73.1 Å². The summed E-state index contributed by atoms with van der Waals surface area (Å²) < 4.78 is 5.32. The third kappa shape index (κ3) is 6.96. The number of ether oxygens (including phenoxy) is 1. The van der Waals surface area contributed by atoms with Crippen molar-refractivity contribution in [1.29, 1.82) is 0 Å². The highest BCUT2D eigenvalue weighted by Gasteiger charge is 2.19. The Morgan fingerprint density at radius 2 is 1.74 bits per heavy atom. The number of hydrogen-bond acceptors (Lipinski definition) is 4. The number of fused-ring (bicyclic) bond motifs is 1. The Morgan fingerprint density at radius 3 is 2.45 bits per heavy atom. The van der Waals surface area contributed by atoms with Crippen LogP contribution in [0.5, 0.6) is 0 Å². The summed E-state index contributed by atoms with van der Waals surface area (Å²) in [6.45, 7) is 5.61. The first-order valence-corrected chi connectivity index (χ1v) is 10.1. The summed E-state index contributed by atoms with van der Waals surface area (Å²) >= 11 is 0. The zero-order valence-corrected chi connectivity index (χ0v) is 18.0. The van der Waals surface area contributed by atoms with Crippen molar-refractivity contribution in [2.75, 3.05) is 6.54 Å². The molecule has 1 heterocycles. The summed E-state index contributed by atoms with van der Waals surface area (Å²) in [6, 6.07) is 17.2. The molecule has 3 aromatic rings. The van der Waals surface area contributed by atoms with E-state index >= 15 is 0 Å². The molecule has 0 saturated heterocycles. The molecule has 1 atom stereocenters. The lowest BCUT2D eigenvalue weighted by molar-refractivity contribution is -0.117. The zero-order valence-electron chi connectivity index (χ0n) is 18.0. The smallest absolute Gasteiger partial charge is 0.407 e. The molecule has 0 aliphatic heterocycles. The van der Waals surface area contributed by atoms with E-state index in [9.17, 15) is 9.59 Å². The van der Waals surface area contributed by atoms with Gasteiger partial charge < -0.3 is 15.4 Å². The first-order valence-electron chi connectivity index (χ1n) is 10.1. The van der Waals surface area contributed by atoms with Crippen LogP contribution in [0.4, 0.5) is 4.79 Å². The Kier molecular flexibility index (Phi) is 7.03. The van der Waals surface area contributed by atoms with E-state index in [0.29, 0.717) is 0 Å². The van der Waals surface area contributed by atoms with E-state index in [4.69, 9.17) is 4.74 Å². The van der Waals surface area contributed by atoms with Crippen LogP contribution < -0.4 is 10.6 Å². The molecule has 31 heavy (non-hydrogen) atoms. The fraction of sp³-hybridized carbons (Fsp3) is 0.240. The Hall–Kier alpha value is -3.67. The van der Waals surface area contributed by atoms with Crippen LogP contribution in [-0.2, 0) is 9.53 Å². The van der Waals surface area contributed by atoms with E-state index in [2.05, 4.69) is 15.6 Å². The van der Waals surface area contributed by atoms with Gasteiger partial charge in [0, 0.05) is 25.0 Å². The van der Waals surface area contributed by atoms with Crippen LogP contribution in [-0.4, -0.2) is 29.1 Å². The summed E-state index contributed by atoms with van der Waals surface area (Å²) in [7, 11) is 0. The van der Waals surface area contributed by atoms with Crippen molar-refractivity contribution in [2.45, 2.75) is 32.4 Å². The van der Waals surface area contributed by atoms with Gasteiger partial charge in [0.25, 0.3) is 0 Å². The Balaban J connectivity index is 1.76. The minimum Gasteiger partial charge on any atom is -0.444 e. The van der Waals surface area contributed by atoms with Crippen LogP contribution in [0.3, 0.4) is 0 Å². The van der Waals surface area contributed by atoms with Crippen LogP contribution in [0.1, 0.15) is 37.9 Å². The highest BCUT2D eigenvalue weighted by molar-refractivity contribution is 5.92. The quantitative estimate of drug-likeness (QED) is 0.573. The lowest BCUT2D eigenvalue weighted by Crippen LogP contribution is -2.39. The van der Waals surface area contributed by atoms with E-state index in [-0.39, 0.29) is 12.5 Å². The molecule has 160 valence electrons. The van der Waals surface area contributed by atoms with E-state index in [1.165, 1.54) is 6.08 Å². The fourth-order valence-corrected chi connectivity index (χ4v) is 3.04. The number of nitrogens with zero attached hydrogens (tertiary/aromatic N) is 1. The van der Waals surface area contributed by atoms with Gasteiger partial charge in [-0.3, -0.25) is 9.78 Å². The number of rotatable bonds is 6. The van der Waals surface area contributed by atoms with E-state index < -0.39 is 17.7 Å². The molecule has 0 aliphatic rings. The summed E-state index contributed by atoms with van der Waals surface area (Å²) in [5, 5.41) is 7.90. The molecular weight excluding hydrogens is 390 g/mol. The molecule has 0 bridgehead atoms. The topological polar surface area (TPSA) is 80.3 Å². The Bertz CT molecular complexity index is 1070. The van der Waals surface area contributed by atoms with E-state index in [1.807, 2.05) is 54.6 Å². The van der Waals surface area contributed by atoms with Gasteiger partial charge in [0.15, 0.2) is 0 Å². The second kappa shape index (κ2) is 9.89. The molecular formula is C25H27N3O3. The molecule has 6 heteroatoms. The number of carbonyl (C=O) groups excluding carboxylic acids is 2. The lowest BCUT2D eigenvalue weighted by Gasteiger charge is -2.23. The van der Waals surface area contributed by atoms with Crippen LogP contribution in [0, 0.1) is 0 Å². The van der Waals surface area contributed by atoms with Gasteiger partial charge in [0.05, 0.1) is 6.04 Å². The zero-order chi connectivity index (χ0) is 22.3. The van der Waals surface area contributed by atoms with Gasteiger partial charge in [-0.2, -0.15) is 0 Å². The van der Waals surface area contributed by atoms with Gasteiger partial charge in [-0.1, -0.05) is 36.4 Å². The molecule has 2 amide bonds. The average molecular weight is 418 g/mol. The van der Waals surface area contributed by atoms with Gasteiger partial charge in [-0.25, -0.2) is 4.79 Å². The molecule has 1 unspecified atom stereocenters. The molecule has 0 fully saturated rings. The molecule has 0 saturated carbocycles. The number of amides is 2. The van der Waals surface area contributed by atoms with Crippen molar-refractivity contribution in [3.05, 3.63) is 84.2 Å². The first kappa shape index (κ1) is 22.0. The SMILES string of the molecule is CC(C)(C)OC(=O)NCC(NC(=O)C=Cc1ccncc1)c1ccc2ccccc2c1. The minimum absolute atomic E-state index is 0.197. The van der Waals surface area contributed by atoms with Crippen molar-refractivity contribution < 1.29 is 14.3 Å². The number of alkyl carbamates (subject to hydrolysis) is 1. The Labute approximate surface area is 182 Å². The first-order chi connectivity index (χ1) is 14.8. The van der Waals surface area contributed by atoms with Gasteiger partial charge in [0.1, 0.15) is 5.60 Å². The summed E-state index contributed by atoms with van der Waals surface area (Å²) in [5.74, 6) is -0.263. The number of benzene rings is 2. The molecule has 0 spiro atoms. The third-order valence-corrected chi connectivity index (χ3v) is 4.48. The maximum Gasteiger partial charge on any atom is 0.407 e. The predicted molar refractivity (Wildman–Crippen MR) is 122 cm³/mol. The normalized spacial score (nSPS) is 12.5.